The van der Waals surface area contributed by atoms with Gasteiger partial charge in [0.2, 0.25) is 0 Å². The maximum absolute atomic E-state index is 12.8. The molecule has 23 heavy (non-hydrogen) atoms. The van der Waals surface area contributed by atoms with Gasteiger partial charge < -0.3 is 10.2 Å². The summed E-state index contributed by atoms with van der Waals surface area (Å²) in [6.45, 7) is 0.671. The minimum atomic E-state index is 0.00644. The van der Waals surface area contributed by atoms with Crippen LogP contribution in [0.2, 0.25) is 0 Å². The van der Waals surface area contributed by atoms with Crippen molar-refractivity contribution in [3.63, 3.8) is 0 Å². The van der Waals surface area contributed by atoms with Crippen molar-refractivity contribution >= 4 is 11.7 Å². The lowest BCUT2D eigenvalue weighted by atomic mass is 9.94. The fraction of sp³-hybridized carbons (Fsp3) is 0.350. The summed E-state index contributed by atoms with van der Waals surface area (Å²) in [6.07, 6.45) is 5.93. The summed E-state index contributed by atoms with van der Waals surface area (Å²) >= 11 is 0. The summed E-state index contributed by atoms with van der Waals surface area (Å²) < 4.78 is 0. The summed E-state index contributed by atoms with van der Waals surface area (Å²) in [4.78, 5) is 14.8. The number of nitrogens with one attached hydrogen (secondary N) is 1. The van der Waals surface area contributed by atoms with Crippen LogP contribution in [0.4, 0.5) is 10.5 Å². The topological polar surface area (TPSA) is 32.3 Å². The first-order valence-electron chi connectivity index (χ1n) is 8.49. The van der Waals surface area contributed by atoms with E-state index in [4.69, 9.17) is 0 Å². The molecule has 0 unspecified atom stereocenters. The molecule has 2 aromatic carbocycles. The molecule has 1 aliphatic carbocycles. The van der Waals surface area contributed by atoms with Crippen LogP contribution in [0.1, 0.15) is 37.7 Å². The van der Waals surface area contributed by atoms with E-state index in [1.165, 1.54) is 24.8 Å². The lowest BCUT2D eigenvalue weighted by molar-refractivity contribution is 0.163. The number of hydrogen-bond donors (Lipinski definition) is 1. The van der Waals surface area contributed by atoms with Crippen molar-refractivity contribution in [1.82, 2.24) is 4.90 Å². The second-order valence-corrected chi connectivity index (χ2v) is 6.20. The van der Waals surface area contributed by atoms with Crippen LogP contribution in [0.5, 0.6) is 0 Å². The van der Waals surface area contributed by atoms with Crippen molar-refractivity contribution in [3.8, 4) is 0 Å². The third kappa shape index (κ3) is 4.35. The lowest BCUT2D eigenvalue weighted by Crippen LogP contribution is -2.43. The van der Waals surface area contributed by atoms with Crippen LogP contribution in [0.25, 0.3) is 0 Å². The van der Waals surface area contributed by atoms with E-state index in [0.29, 0.717) is 12.6 Å². The Labute approximate surface area is 138 Å². The Morgan fingerprint density at radius 3 is 2.17 bits per heavy atom. The maximum atomic E-state index is 12.8. The summed E-state index contributed by atoms with van der Waals surface area (Å²) in [5.41, 5.74) is 2.03. The first-order valence-corrected chi connectivity index (χ1v) is 8.49. The Kier molecular flexibility index (Phi) is 5.30. The highest BCUT2D eigenvalue weighted by Crippen LogP contribution is 2.25. The van der Waals surface area contributed by atoms with Crippen molar-refractivity contribution in [2.45, 2.75) is 44.7 Å². The van der Waals surface area contributed by atoms with Gasteiger partial charge in [-0.25, -0.2) is 4.79 Å². The highest BCUT2D eigenvalue weighted by Gasteiger charge is 2.25. The van der Waals surface area contributed by atoms with Gasteiger partial charge in [0.05, 0.1) is 0 Å². The molecule has 3 heteroatoms. The van der Waals surface area contributed by atoms with Crippen LogP contribution < -0.4 is 5.32 Å². The molecule has 0 heterocycles. The predicted octanol–water partition coefficient (Wildman–Crippen LogP) is 5.05. The monoisotopic (exact) mass is 308 g/mol. The molecule has 0 radical (unpaired) electrons. The number of urea groups is 1. The van der Waals surface area contributed by atoms with Crippen LogP contribution in [-0.2, 0) is 6.54 Å². The number of carbonyl (C=O) groups is 1. The third-order valence-corrected chi connectivity index (χ3v) is 4.50. The molecule has 3 nitrogen and oxygen atoms in total. The first kappa shape index (κ1) is 15.6. The van der Waals surface area contributed by atoms with Gasteiger partial charge in [0.15, 0.2) is 0 Å². The number of rotatable bonds is 4. The molecule has 1 N–H and O–H groups in total. The van der Waals surface area contributed by atoms with Crippen molar-refractivity contribution in [1.29, 1.82) is 0 Å². The van der Waals surface area contributed by atoms with Crippen molar-refractivity contribution in [2.75, 3.05) is 5.32 Å². The quantitative estimate of drug-likeness (QED) is 0.842. The Balaban J connectivity index is 1.74. The molecule has 3 rings (SSSR count). The molecule has 1 saturated carbocycles. The van der Waals surface area contributed by atoms with E-state index in [1.54, 1.807) is 0 Å². The summed E-state index contributed by atoms with van der Waals surface area (Å²) in [7, 11) is 0. The Morgan fingerprint density at radius 1 is 0.913 bits per heavy atom. The molecule has 0 bridgehead atoms. The van der Waals surface area contributed by atoms with E-state index in [-0.39, 0.29) is 6.03 Å². The van der Waals surface area contributed by atoms with Crippen LogP contribution in [-0.4, -0.2) is 17.0 Å². The number of para-hydroxylation sites is 1. The van der Waals surface area contributed by atoms with E-state index >= 15 is 0 Å². The van der Waals surface area contributed by atoms with Gasteiger partial charge in [0, 0.05) is 18.3 Å². The van der Waals surface area contributed by atoms with Crippen LogP contribution in [0.15, 0.2) is 60.7 Å². The fourth-order valence-electron chi connectivity index (χ4n) is 3.26. The van der Waals surface area contributed by atoms with Crippen molar-refractivity contribution < 1.29 is 4.79 Å². The molecule has 0 atom stereocenters. The zero-order valence-corrected chi connectivity index (χ0v) is 13.4. The first-order chi connectivity index (χ1) is 11.3. The van der Waals surface area contributed by atoms with Gasteiger partial charge in [-0.2, -0.15) is 0 Å². The van der Waals surface area contributed by atoms with Gasteiger partial charge >= 0.3 is 6.03 Å². The fourth-order valence-corrected chi connectivity index (χ4v) is 3.26. The van der Waals surface area contributed by atoms with Gasteiger partial charge in [-0.15, -0.1) is 0 Å². The van der Waals surface area contributed by atoms with Gasteiger partial charge in [0.25, 0.3) is 0 Å². The van der Waals surface area contributed by atoms with Gasteiger partial charge in [0.1, 0.15) is 0 Å². The van der Waals surface area contributed by atoms with E-state index in [1.807, 2.05) is 53.4 Å². The molecule has 1 fully saturated rings. The van der Waals surface area contributed by atoms with Gasteiger partial charge in [-0.1, -0.05) is 67.8 Å². The summed E-state index contributed by atoms with van der Waals surface area (Å²) in [5.74, 6) is 0. The summed E-state index contributed by atoms with van der Waals surface area (Å²) in [5, 5.41) is 3.05. The normalized spacial score (nSPS) is 15.1. The minimum absolute atomic E-state index is 0.00644. The van der Waals surface area contributed by atoms with Gasteiger partial charge in [-0.05, 0) is 30.5 Å². The smallest absolute Gasteiger partial charge is 0.317 e. The second-order valence-electron chi connectivity index (χ2n) is 6.20. The highest BCUT2D eigenvalue weighted by atomic mass is 16.2. The van der Waals surface area contributed by atoms with E-state index in [0.717, 1.165) is 18.5 Å². The number of carbonyl (C=O) groups excluding carboxylic acids is 1. The summed E-state index contributed by atoms with van der Waals surface area (Å²) in [6, 6.07) is 20.3. The number of benzene rings is 2. The molecule has 120 valence electrons. The van der Waals surface area contributed by atoms with E-state index in [2.05, 4.69) is 17.4 Å². The number of amides is 2. The highest BCUT2D eigenvalue weighted by molar-refractivity contribution is 5.89. The average Bonchev–Trinajstić information content (AvgIpc) is 2.62. The zero-order valence-electron chi connectivity index (χ0n) is 13.4. The van der Waals surface area contributed by atoms with Crippen molar-refractivity contribution in [2.24, 2.45) is 0 Å². The van der Waals surface area contributed by atoms with Crippen LogP contribution in [0.3, 0.4) is 0 Å². The molecular weight excluding hydrogens is 284 g/mol. The zero-order chi connectivity index (χ0) is 15.9. The molecule has 0 spiro atoms. The van der Waals surface area contributed by atoms with Crippen LogP contribution in [0, 0.1) is 0 Å². The van der Waals surface area contributed by atoms with Crippen molar-refractivity contribution in [3.05, 3.63) is 66.2 Å². The van der Waals surface area contributed by atoms with Crippen LogP contribution >= 0.6 is 0 Å². The lowest BCUT2D eigenvalue weighted by Gasteiger charge is -2.34. The third-order valence-electron chi connectivity index (χ3n) is 4.50. The largest absolute Gasteiger partial charge is 0.322 e. The molecule has 2 aromatic rings. The Bertz CT molecular complexity index is 606. The van der Waals surface area contributed by atoms with E-state index in [9.17, 15) is 4.79 Å². The van der Waals surface area contributed by atoms with E-state index < -0.39 is 0 Å². The second kappa shape index (κ2) is 7.82. The number of nitrogens with zero attached hydrogens (tertiary/aromatic N) is 1. The maximum Gasteiger partial charge on any atom is 0.322 e. The molecule has 0 aromatic heterocycles. The SMILES string of the molecule is O=C(Nc1ccccc1)N(Cc1ccccc1)C1CCCCC1. The number of anilines is 1. The predicted molar refractivity (Wildman–Crippen MR) is 94.3 cm³/mol. The standard InChI is InChI=1S/C20H24N2O/c23-20(21-18-12-6-2-7-13-18)22(19-14-8-3-9-15-19)16-17-10-4-1-5-11-17/h1-2,4-7,10-13,19H,3,8-9,14-16H2,(H,21,23). The van der Waals surface area contributed by atoms with Gasteiger partial charge in [-0.3, -0.25) is 0 Å². The Morgan fingerprint density at radius 2 is 1.52 bits per heavy atom. The minimum Gasteiger partial charge on any atom is -0.317 e. The average molecular weight is 308 g/mol. The molecular formula is C20H24N2O. The Hall–Kier alpha value is -2.29. The number of hydrogen-bond acceptors (Lipinski definition) is 1. The molecule has 1 aliphatic rings. The molecule has 2 amide bonds. The molecule has 0 saturated heterocycles. The molecule has 0 aliphatic heterocycles.